The van der Waals surface area contributed by atoms with Gasteiger partial charge in [0.25, 0.3) is 0 Å². The van der Waals surface area contributed by atoms with Crippen molar-refractivity contribution >= 4 is 45.5 Å². The molecule has 3 rings (SSSR count). The Morgan fingerprint density at radius 2 is 1.04 bits per heavy atom. The van der Waals surface area contributed by atoms with Gasteiger partial charge in [-0.15, -0.1) is 0 Å². The third kappa shape index (κ3) is 15.0. The first-order chi connectivity index (χ1) is 24.2. The van der Waals surface area contributed by atoms with Crippen LogP contribution in [-0.4, -0.2) is 71.9 Å². The Hall–Kier alpha value is -5.78. The summed E-state index contributed by atoms with van der Waals surface area (Å²) in [5, 5.41) is 0. The van der Waals surface area contributed by atoms with Crippen LogP contribution in [0.25, 0.3) is 0 Å². The fourth-order valence-electron chi connectivity index (χ4n) is 3.81. The van der Waals surface area contributed by atoms with Gasteiger partial charge in [-0.25, -0.2) is 24.0 Å². The lowest BCUT2D eigenvalue weighted by atomic mass is 9.81. The quantitative estimate of drug-likeness (QED) is 0.0313. The van der Waals surface area contributed by atoms with E-state index in [2.05, 4.69) is 28.6 Å². The fraction of sp³-hybridized carbons (Fsp3) is 0.250. The molecule has 0 saturated heterocycles. The zero-order chi connectivity index (χ0) is 36.7. The van der Waals surface area contributed by atoms with Gasteiger partial charge in [-0.05, 0) is 105 Å². The first-order valence-corrected chi connectivity index (χ1v) is 15.3. The van der Waals surface area contributed by atoms with Crippen molar-refractivity contribution in [3.05, 3.63) is 109 Å². The molecule has 3 aromatic rings. The van der Waals surface area contributed by atoms with Crippen LogP contribution in [0.15, 0.2) is 92.0 Å². The monoisotopic (exact) mass is 682 g/mol. The molecular weight excluding hydrogens is 646 g/mol. The number of ether oxygens (including phenoxy) is 7. The van der Waals surface area contributed by atoms with E-state index in [1.807, 2.05) is 0 Å². The summed E-state index contributed by atoms with van der Waals surface area (Å²) in [7, 11) is 8.00. The Labute approximate surface area is 293 Å². The predicted molar refractivity (Wildman–Crippen MR) is 184 cm³/mol. The summed E-state index contributed by atoms with van der Waals surface area (Å²) in [6, 6.07) is 16.8. The highest BCUT2D eigenvalue weighted by Crippen LogP contribution is 2.26. The highest BCUT2D eigenvalue weighted by molar-refractivity contribution is 6.75. The molecule has 14 heteroatoms. The van der Waals surface area contributed by atoms with Gasteiger partial charge in [0.05, 0.1) is 37.6 Å². The number of hydrogen-bond donors (Lipinski definition) is 0. The maximum Gasteiger partial charge on any atom is 0.513 e. The Morgan fingerprint density at radius 3 is 1.56 bits per heavy atom. The molecule has 0 spiro atoms. The van der Waals surface area contributed by atoms with Gasteiger partial charge in [-0.2, -0.15) is 0 Å². The maximum absolute atomic E-state index is 12.7. The summed E-state index contributed by atoms with van der Waals surface area (Å²) in [5.74, 6) is -0.921. The molecule has 0 heterocycles. The lowest BCUT2D eigenvalue weighted by molar-refractivity contribution is -0.138. The third-order valence-corrected chi connectivity index (χ3v) is 6.33. The van der Waals surface area contributed by atoms with Crippen molar-refractivity contribution in [2.24, 2.45) is 0 Å². The summed E-state index contributed by atoms with van der Waals surface area (Å²) < 4.78 is 36.4. The van der Waals surface area contributed by atoms with Gasteiger partial charge in [-0.1, -0.05) is 13.2 Å². The molecule has 3 aromatic carbocycles. The van der Waals surface area contributed by atoms with E-state index in [-0.39, 0.29) is 36.9 Å². The topological polar surface area (TPSA) is 150 Å². The summed E-state index contributed by atoms with van der Waals surface area (Å²) in [6.45, 7) is 9.32. The standard InChI is InChI=1S/C36H36O12.B2/c1-4-32(37)43-21-7-6-20-42-28-14-10-27(11-15-28)35(40)48-31-19-18-30(24-25(31)3)46-34(39)26-12-16-29(17-13-26)47-36(41)45-23-9-8-22-44-33(38)5-2;1-2/h4-5,10-19,24H,1-2,6-9,20-23H2,3H3;. The number of aryl methyl sites for hydroxylation is 1. The minimum Gasteiger partial charge on any atom is -0.494 e. The average Bonchev–Trinajstić information content (AvgIpc) is 3.13. The van der Waals surface area contributed by atoms with E-state index in [0.29, 0.717) is 54.9 Å². The van der Waals surface area contributed by atoms with E-state index in [1.165, 1.54) is 36.4 Å². The third-order valence-electron chi connectivity index (χ3n) is 6.33. The van der Waals surface area contributed by atoms with Gasteiger partial charge < -0.3 is 33.2 Å². The van der Waals surface area contributed by atoms with Gasteiger partial charge in [0.1, 0.15) is 23.0 Å². The molecular formula is C36H36B2O12. The van der Waals surface area contributed by atoms with Crippen molar-refractivity contribution in [2.75, 3.05) is 26.4 Å². The summed E-state index contributed by atoms with van der Waals surface area (Å²) in [5.41, 5.74) is 1.09. The molecule has 0 aliphatic carbocycles. The lowest BCUT2D eigenvalue weighted by Gasteiger charge is -2.11. The van der Waals surface area contributed by atoms with Crippen LogP contribution in [0.2, 0.25) is 0 Å². The van der Waals surface area contributed by atoms with E-state index >= 15 is 0 Å². The first-order valence-electron chi connectivity index (χ1n) is 15.3. The summed E-state index contributed by atoms with van der Waals surface area (Å²) >= 11 is 0. The SMILES string of the molecule is C=CC(=O)OCCCCOC(=O)Oc1ccc(C(=O)Oc2ccc(OC(=O)c3ccc(OCCCCOC(=O)C=C)cc3)c(C)c2)cc1.[B][B]. The Bertz CT molecular complexity index is 1590. The van der Waals surface area contributed by atoms with E-state index in [9.17, 15) is 24.0 Å². The van der Waals surface area contributed by atoms with Crippen LogP contribution >= 0.6 is 0 Å². The molecule has 0 unspecified atom stereocenters. The molecule has 0 bridgehead atoms. The van der Waals surface area contributed by atoms with Crippen molar-refractivity contribution in [2.45, 2.75) is 32.6 Å². The molecule has 12 nitrogen and oxygen atoms in total. The molecule has 0 aliphatic heterocycles. The second-order valence-corrected chi connectivity index (χ2v) is 9.96. The molecule has 0 atom stereocenters. The van der Waals surface area contributed by atoms with E-state index in [1.54, 1.807) is 37.3 Å². The first kappa shape index (κ1) is 40.4. The van der Waals surface area contributed by atoms with Gasteiger partial charge >= 0.3 is 30.0 Å². The highest BCUT2D eigenvalue weighted by atomic mass is 16.7. The van der Waals surface area contributed by atoms with Crippen molar-refractivity contribution in [3.8, 4) is 23.0 Å². The van der Waals surface area contributed by atoms with Crippen LogP contribution in [0.1, 0.15) is 52.0 Å². The number of rotatable bonds is 18. The van der Waals surface area contributed by atoms with Crippen LogP contribution < -0.4 is 18.9 Å². The molecule has 258 valence electrons. The number of carbonyl (C=O) groups is 5. The molecule has 0 aromatic heterocycles. The number of esters is 4. The Balaban J connectivity index is 0.00000425. The van der Waals surface area contributed by atoms with Crippen LogP contribution in [0.3, 0.4) is 0 Å². The molecule has 0 saturated carbocycles. The summed E-state index contributed by atoms with van der Waals surface area (Å²) in [6.07, 6.45) is 3.57. The second-order valence-electron chi connectivity index (χ2n) is 9.96. The second kappa shape index (κ2) is 22.7. The average molecular weight is 682 g/mol. The molecule has 0 N–H and O–H groups in total. The van der Waals surface area contributed by atoms with Crippen molar-refractivity contribution < 1.29 is 57.1 Å². The lowest BCUT2D eigenvalue weighted by Crippen LogP contribution is -2.13. The maximum atomic E-state index is 12.7. The zero-order valence-corrected chi connectivity index (χ0v) is 27.6. The molecule has 0 aliphatic rings. The minimum atomic E-state index is -0.912. The van der Waals surface area contributed by atoms with Crippen LogP contribution in [0.4, 0.5) is 4.79 Å². The number of unbranched alkanes of at least 4 members (excludes halogenated alkanes) is 2. The Morgan fingerprint density at radius 1 is 0.580 bits per heavy atom. The van der Waals surface area contributed by atoms with E-state index in [4.69, 9.17) is 33.2 Å². The van der Waals surface area contributed by atoms with Gasteiger partial charge in [0, 0.05) is 27.6 Å². The van der Waals surface area contributed by atoms with Crippen LogP contribution in [-0.2, 0) is 23.8 Å². The highest BCUT2D eigenvalue weighted by Gasteiger charge is 2.14. The largest absolute Gasteiger partial charge is 0.513 e. The molecule has 0 amide bonds. The van der Waals surface area contributed by atoms with Gasteiger partial charge in [0.2, 0.25) is 0 Å². The Kier molecular flexibility index (Phi) is 18.4. The van der Waals surface area contributed by atoms with Crippen molar-refractivity contribution in [3.63, 3.8) is 0 Å². The smallest absolute Gasteiger partial charge is 0.494 e. The van der Waals surface area contributed by atoms with E-state index in [0.717, 1.165) is 12.2 Å². The number of carbonyl (C=O) groups excluding carboxylic acids is 5. The van der Waals surface area contributed by atoms with Gasteiger partial charge in [0.15, 0.2) is 0 Å². The predicted octanol–water partition coefficient (Wildman–Crippen LogP) is 5.58. The van der Waals surface area contributed by atoms with Crippen LogP contribution in [0, 0.1) is 6.92 Å². The number of hydrogen-bond acceptors (Lipinski definition) is 12. The molecule has 0 fully saturated rings. The fourth-order valence-corrected chi connectivity index (χ4v) is 3.81. The number of benzene rings is 3. The molecule has 50 heavy (non-hydrogen) atoms. The van der Waals surface area contributed by atoms with Crippen molar-refractivity contribution in [1.82, 2.24) is 0 Å². The minimum absolute atomic E-state index is 0.0795. The normalized spacial score (nSPS) is 9.86. The van der Waals surface area contributed by atoms with E-state index < -0.39 is 30.0 Å². The van der Waals surface area contributed by atoms with Crippen LogP contribution in [0.5, 0.6) is 23.0 Å². The summed E-state index contributed by atoms with van der Waals surface area (Å²) in [4.78, 5) is 59.2. The molecule has 4 radical (unpaired) electrons. The van der Waals surface area contributed by atoms with Gasteiger partial charge in [-0.3, -0.25) is 0 Å². The van der Waals surface area contributed by atoms with Crippen molar-refractivity contribution in [1.29, 1.82) is 0 Å². The zero-order valence-electron chi connectivity index (χ0n) is 27.6.